The van der Waals surface area contributed by atoms with Gasteiger partial charge in [-0.25, -0.2) is 9.99 Å². The molecular formula is C11H13N3O3. The van der Waals surface area contributed by atoms with Crippen molar-refractivity contribution in [1.82, 2.24) is 10.6 Å². The van der Waals surface area contributed by atoms with E-state index in [0.29, 0.717) is 13.2 Å². The molecule has 0 saturated carbocycles. The lowest BCUT2D eigenvalue weighted by atomic mass is 10.3. The smallest absolute Gasteiger partial charge is 0.201 e. The number of nitrogens with zero attached hydrogens (tertiary/aromatic N) is 2. The molecule has 0 amide bonds. The van der Waals surface area contributed by atoms with Gasteiger partial charge in [0.15, 0.2) is 0 Å². The molecule has 0 spiro atoms. The maximum absolute atomic E-state index is 5.41. The van der Waals surface area contributed by atoms with E-state index in [1.54, 1.807) is 11.3 Å². The van der Waals surface area contributed by atoms with Crippen LogP contribution in [0.4, 0.5) is 5.82 Å². The van der Waals surface area contributed by atoms with Gasteiger partial charge in [0.25, 0.3) is 0 Å². The second-order valence-electron chi connectivity index (χ2n) is 3.80. The molecule has 3 heterocycles. The summed E-state index contributed by atoms with van der Waals surface area (Å²) in [6.07, 6.45) is 1.26. The number of hydrogen-bond acceptors (Lipinski definition) is 6. The Balaban J connectivity index is 1.86. The van der Waals surface area contributed by atoms with Crippen LogP contribution in [0.15, 0.2) is 30.2 Å². The van der Waals surface area contributed by atoms with Crippen LogP contribution in [0.5, 0.6) is 0 Å². The average Bonchev–Trinajstić information content (AvgIpc) is 2.99. The molecule has 0 aromatic carbocycles. The highest BCUT2D eigenvalue weighted by atomic mass is 16.7. The molecule has 1 saturated heterocycles. The van der Waals surface area contributed by atoms with Crippen molar-refractivity contribution in [3.63, 3.8) is 0 Å². The molecule has 90 valence electrons. The van der Waals surface area contributed by atoms with Gasteiger partial charge in [0.2, 0.25) is 6.29 Å². The zero-order valence-corrected chi connectivity index (χ0v) is 9.42. The van der Waals surface area contributed by atoms with Crippen LogP contribution in [0, 0.1) is 0 Å². The van der Waals surface area contributed by atoms with Crippen molar-refractivity contribution in [2.75, 3.05) is 18.2 Å². The summed E-state index contributed by atoms with van der Waals surface area (Å²) in [6, 6.07) is 5.68. The highest BCUT2D eigenvalue weighted by Crippen LogP contribution is 2.24. The Morgan fingerprint density at radius 1 is 1.35 bits per heavy atom. The number of ether oxygens (including phenoxy) is 2. The van der Waals surface area contributed by atoms with Crippen LogP contribution < -0.4 is 10.6 Å². The molecule has 1 aromatic heterocycles. The largest absolute Gasteiger partial charge is 0.395 e. The van der Waals surface area contributed by atoms with Crippen LogP contribution >= 0.6 is 0 Å². The molecule has 6 heteroatoms. The Morgan fingerprint density at radius 2 is 2.18 bits per heavy atom. The van der Waals surface area contributed by atoms with E-state index in [2.05, 4.69) is 10.6 Å². The summed E-state index contributed by atoms with van der Waals surface area (Å²) in [5.74, 6) is 0.743. The summed E-state index contributed by atoms with van der Waals surface area (Å²) >= 11 is 0. The number of pyridine rings is 1. The van der Waals surface area contributed by atoms with Gasteiger partial charge in [-0.1, -0.05) is 11.7 Å². The van der Waals surface area contributed by atoms with Crippen LogP contribution in [0.25, 0.3) is 0 Å². The highest BCUT2D eigenvalue weighted by molar-refractivity contribution is 5.44. The Hall–Kier alpha value is -1.63. The third-order valence-electron chi connectivity index (χ3n) is 2.57. The van der Waals surface area contributed by atoms with Gasteiger partial charge in [-0.15, -0.1) is 0 Å². The fraction of sp³-hybridized carbons (Fsp3) is 0.364. The number of rotatable bonds is 2. The van der Waals surface area contributed by atoms with Crippen LogP contribution in [0.3, 0.4) is 0 Å². The van der Waals surface area contributed by atoms with Crippen molar-refractivity contribution in [2.45, 2.75) is 13.2 Å². The van der Waals surface area contributed by atoms with Crippen LogP contribution in [-0.2, 0) is 14.3 Å². The van der Waals surface area contributed by atoms with Crippen molar-refractivity contribution in [3.05, 3.63) is 35.9 Å². The van der Waals surface area contributed by atoms with E-state index in [9.17, 15) is 0 Å². The van der Waals surface area contributed by atoms with Crippen LogP contribution in [-0.4, -0.2) is 18.2 Å². The van der Waals surface area contributed by atoms with Gasteiger partial charge < -0.3 is 14.3 Å². The maximum atomic E-state index is 5.41. The predicted molar refractivity (Wildman–Crippen MR) is 59.3 cm³/mol. The van der Waals surface area contributed by atoms with Gasteiger partial charge in [-0.3, -0.25) is 0 Å². The van der Waals surface area contributed by atoms with Gasteiger partial charge in [-0.2, -0.15) is 0 Å². The third kappa shape index (κ3) is 1.97. The fourth-order valence-electron chi connectivity index (χ4n) is 1.74. The van der Waals surface area contributed by atoms with Crippen LogP contribution in [0.2, 0.25) is 0 Å². The highest BCUT2D eigenvalue weighted by Gasteiger charge is 2.22. The normalized spacial score (nSPS) is 20.5. The third-order valence-corrected chi connectivity index (χ3v) is 2.57. The number of aromatic nitrogens is 1. The number of nitrogens with one attached hydrogen (secondary N) is 1. The Labute approximate surface area is 98.7 Å². The van der Waals surface area contributed by atoms with Gasteiger partial charge in [0, 0.05) is 0 Å². The molecule has 6 nitrogen and oxygen atoms in total. The predicted octanol–water partition coefficient (Wildman–Crippen LogP) is 1.24. The Bertz CT molecular complexity index is 443. The SMILES string of the molecule is CC1=CONN1c1cccc(C2OCCO2)n1. The second-order valence-corrected chi connectivity index (χ2v) is 3.80. The molecule has 0 radical (unpaired) electrons. The molecule has 0 bridgehead atoms. The number of anilines is 1. The lowest BCUT2D eigenvalue weighted by Crippen LogP contribution is -2.30. The van der Waals surface area contributed by atoms with Gasteiger partial charge in [0.1, 0.15) is 12.1 Å². The minimum atomic E-state index is -0.359. The molecular weight excluding hydrogens is 222 g/mol. The van der Waals surface area contributed by atoms with E-state index in [-0.39, 0.29) is 6.29 Å². The lowest BCUT2D eigenvalue weighted by Gasteiger charge is -2.17. The Morgan fingerprint density at radius 3 is 2.88 bits per heavy atom. The average molecular weight is 235 g/mol. The Kier molecular flexibility index (Phi) is 2.68. The topological polar surface area (TPSA) is 55.9 Å². The molecule has 2 aliphatic rings. The lowest BCUT2D eigenvalue weighted by molar-refractivity contribution is -0.0472. The monoisotopic (exact) mass is 235 g/mol. The molecule has 0 unspecified atom stereocenters. The summed E-state index contributed by atoms with van der Waals surface area (Å²) in [5.41, 5.74) is 4.44. The first-order valence-electron chi connectivity index (χ1n) is 5.43. The zero-order chi connectivity index (χ0) is 11.7. The van der Waals surface area contributed by atoms with Crippen LogP contribution in [0.1, 0.15) is 18.9 Å². The van der Waals surface area contributed by atoms with E-state index in [0.717, 1.165) is 17.2 Å². The first-order valence-corrected chi connectivity index (χ1v) is 5.43. The summed E-state index contributed by atoms with van der Waals surface area (Å²) < 4.78 is 10.8. The van der Waals surface area contributed by atoms with Crippen molar-refractivity contribution in [1.29, 1.82) is 0 Å². The quantitative estimate of drug-likeness (QED) is 0.832. The maximum Gasteiger partial charge on any atom is 0.201 e. The molecule has 1 aromatic rings. The van der Waals surface area contributed by atoms with E-state index in [4.69, 9.17) is 14.3 Å². The molecule has 0 aliphatic carbocycles. The van der Waals surface area contributed by atoms with Gasteiger partial charge >= 0.3 is 0 Å². The zero-order valence-electron chi connectivity index (χ0n) is 9.42. The van der Waals surface area contributed by atoms with Gasteiger partial charge in [-0.05, 0) is 19.1 Å². The molecule has 1 N–H and O–H groups in total. The van der Waals surface area contributed by atoms with E-state index < -0.39 is 0 Å². The van der Waals surface area contributed by atoms with Crippen molar-refractivity contribution in [3.8, 4) is 0 Å². The summed E-state index contributed by atoms with van der Waals surface area (Å²) in [5, 5.41) is 1.75. The minimum absolute atomic E-state index is 0.359. The molecule has 2 aliphatic heterocycles. The number of allylic oxidation sites excluding steroid dienone is 1. The summed E-state index contributed by atoms with van der Waals surface area (Å²) in [7, 11) is 0. The van der Waals surface area contributed by atoms with Gasteiger partial charge in [0.05, 0.1) is 24.6 Å². The molecule has 17 heavy (non-hydrogen) atoms. The number of hydrogen-bond donors (Lipinski definition) is 1. The molecule has 3 rings (SSSR count). The summed E-state index contributed by atoms with van der Waals surface area (Å²) in [4.78, 5) is 9.48. The second kappa shape index (κ2) is 4.33. The van der Waals surface area contributed by atoms with Crippen molar-refractivity contribution >= 4 is 5.82 Å². The molecule has 0 atom stereocenters. The van der Waals surface area contributed by atoms with E-state index in [1.807, 2.05) is 25.1 Å². The fourth-order valence-corrected chi connectivity index (χ4v) is 1.74. The first kappa shape index (κ1) is 10.5. The van der Waals surface area contributed by atoms with E-state index >= 15 is 0 Å². The van der Waals surface area contributed by atoms with E-state index in [1.165, 1.54) is 0 Å². The molecule has 1 fully saturated rings. The van der Waals surface area contributed by atoms with Crippen molar-refractivity contribution < 1.29 is 14.3 Å². The number of hydrazine groups is 1. The first-order chi connectivity index (χ1) is 8.34. The minimum Gasteiger partial charge on any atom is -0.395 e. The van der Waals surface area contributed by atoms with Crippen molar-refractivity contribution in [2.24, 2.45) is 0 Å². The standard InChI is InChI=1S/C11H13N3O3/c1-8-7-17-13-14(8)10-4-2-3-9(12-10)11-15-5-6-16-11/h2-4,7,11,13H,5-6H2,1H3. The summed E-state index contributed by atoms with van der Waals surface area (Å²) in [6.45, 7) is 3.15.